The zero-order chi connectivity index (χ0) is 12.5. The van der Waals surface area contributed by atoms with Gasteiger partial charge in [0.15, 0.2) is 0 Å². The van der Waals surface area contributed by atoms with Gasteiger partial charge < -0.3 is 10.1 Å². The number of rotatable bonds is 1. The first kappa shape index (κ1) is 12.9. The maximum atomic E-state index is 12.3. The van der Waals surface area contributed by atoms with Crippen molar-refractivity contribution in [1.29, 1.82) is 0 Å². The van der Waals surface area contributed by atoms with Gasteiger partial charge >= 0.3 is 5.97 Å². The highest BCUT2D eigenvalue weighted by Crippen LogP contribution is 2.40. The molecule has 0 aromatic heterocycles. The fourth-order valence-electron chi connectivity index (χ4n) is 3.30. The van der Waals surface area contributed by atoms with Crippen LogP contribution < -0.4 is 5.32 Å². The topological polar surface area (TPSA) is 38.3 Å². The van der Waals surface area contributed by atoms with E-state index in [0.717, 1.165) is 32.2 Å². The van der Waals surface area contributed by atoms with E-state index < -0.39 is 0 Å². The van der Waals surface area contributed by atoms with E-state index in [1.807, 2.05) is 20.8 Å². The first-order chi connectivity index (χ1) is 7.93. The van der Waals surface area contributed by atoms with Gasteiger partial charge in [-0.15, -0.1) is 0 Å². The summed E-state index contributed by atoms with van der Waals surface area (Å²) in [6.07, 6.45) is 6.86. The minimum atomic E-state index is -0.367. The largest absolute Gasteiger partial charge is 0.460 e. The normalized spacial score (nSPS) is 33.9. The smallest absolute Gasteiger partial charge is 0.311 e. The highest BCUT2D eigenvalue weighted by atomic mass is 16.6. The van der Waals surface area contributed by atoms with Gasteiger partial charge in [0.25, 0.3) is 0 Å². The van der Waals surface area contributed by atoms with E-state index in [1.54, 1.807) is 0 Å². The minimum absolute atomic E-state index is 0.00611. The Morgan fingerprint density at radius 1 is 1.24 bits per heavy atom. The van der Waals surface area contributed by atoms with Crippen LogP contribution in [-0.4, -0.2) is 23.7 Å². The van der Waals surface area contributed by atoms with Crippen LogP contribution in [0.2, 0.25) is 0 Å². The zero-order valence-electron chi connectivity index (χ0n) is 11.3. The predicted octanol–water partition coefficient (Wildman–Crippen LogP) is 2.64. The molecule has 1 saturated carbocycles. The van der Waals surface area contributed by atoms with Crippen LogP contribution in [0.5, 0.6) is 0 Å². The molecule has 1 saturated heterocycles. The van der Waals surface area contributed by atoms with Crippen LogP contribution in [0.4, 0.5) is 0 Å². The average molecular weight is 239 g/mol. The van der Waals surface area contributed by atoms with E-state index in [0.29, 0.717) is 0 Å². The van der Waals surface area contributed by atoms with Crippen LogP contribution in [0.15, 0.2) is 0 Å². The average Bonchev–Trinajstić information content (AvgIpc) is 2.65. The lowest BCUT2D eigenvalue weighted by Crippen LogP contribution is -2.53. The molecule has 0 aromatic carbocycles. The first-order valence-corrected chi connectivity index (χ1v) is 6.91. The van der Waals surface area contributed by atoms with Crippen LogP contribution in [0.1, 0.15) is 59.3 Å². The first-order valence-electron chi connectivity index (χ1n) is 6.91. The second-order valence-electron chi connectivity index (χ2n) is 6.52. The van der Waals surface area contributed by atoms with Gasteiger partial charge in [-0.2, -0.15) is 0 Å². The molecular formula is C14H25NO2. The molecule has 2 fully saturated rings. The lowest BCUT2D eigenvalue weighted by atomic mass is 9.72. The van der Waals surface area contributed by atoms with Crippen molar-refractivity contribution in [1.82, 2.24) is 5.32 Å². The second kappa shape index (κ2) is 4.60. The number of carbonyl (C=O) groups is 1. The third kappa shape index (κ3) is 2.82. The molecule has 0 amide bonds. The monoisotopic (exact) mass is 239 g/mol. The van der Waals surface area contributed by atoms with Crippen LogP contribution in [0.25, 0.3) is 0 Å². The summed E-state index contributed by atoms with van der Waals surface area (Å²) in [7, 11) is 0. The maximum absolute atomic E-state index is 12.3. The summed E-state index contributed by atoms with van der Waals surface area (Å²) in [5.41, 5.74) is -0.311. The van der Waals surface area contributed by atoms with Crippen LogP contribution >= 0.6 is 0 Å². The number of nitrogens with one attached hydrogen (secondary N) is 1. The molecule has 2 atom stereocenters. The van der Waals surface area contributed by atoms with Gasteiger partial charge in [-0.3, -0.25) is 4.79 Å². The van der Waals surface area contributed by atoms with E-state index in [4.69, 9.17) is 4.74 Å². The molecule has 2 aliphatic rings. The molecule has 2 unspecified atom stereocenters. The van der Waals surface area contributed by atoms with E-state index in [9.17, 15) is 4.79 Å². The van der Waals surface area contributed by atoms with Gasteiger partial charge in [0, 0.05) is 5.54 Å². The Kier molecular flexibility index (Phi) is 3.48. The Balaban J connectivity index is 2.08. The third-order valence-corrected chi connectivity index (χ3v) is 4.00. The van der Waals surface area contributed by atoms with Crippen molar-refractivity contribution in [3.63, 3.8) is 0 Å². The van der Waals surface area contributed by atoms with E-state index in [1.165, 1.54) is 12.8 Å². The molecule has 0 bridgehead atoms. The standard InChI is InChI=1S/C14H25NO2/c1-13(2,3)17-12(16)11-7-4-5-8-14(11)9-6-10-15-14/h11,15H,4-10H2,1-3H3. The van der Waals surface area contributed by atoms with Crippen LogP contribution in [0.3, 0.4) is 0 Å². The van der Waals surface area contributed by atoms with Crippen molar-refractivity contribution in [2.24, 2.45) is 5.92 Å². The second-order valence-corrected chi connectivity index (χ2v) is 6.52. The molecule has 1 N–H and O–H groups in total. The van der Waals surface area contributed by atoms with Gasteiger partial charge in [-0.05, 0) is 53.0 Å². The van der Waals surface area contributed by atoms with Gasteiger partial charge in [0.05, 0.1) is 5.92 Å². The van der Waals surface area contributed by atoms with Crippen LogP contribution in [-0.2, 0) is 9.53 Å². The number of ether oxygens (including phenoxy) is 1. The maximum Gasteiger partial charge on any atom is 0.311 e. The van der Waals surface area contributed by atoms with Crippen molar-refractivity contribution in [2.75, 3.05) is 6.54 Å². The quantitative estimate of drug-likeness (QED) is 0.715. The Hall–Kier alpha value is -0.570. The van der Waals surface area contributed by atoms with Crippen molar-refractivity contribution >= 4 is 5.97 Å². The molecule has 98 valence electrons. The number of esters is 1. The van der Waals surface area contributed by atoms with Gasteiger partial charge in [0.1, 0.15) is 5.60 Å². The van der Waals surface area contributed by atoms with Gasteiger partial charge in [-0.1, -0.05) is 12.8 Å². The summed E-state index contributed by atoms with van der Waals surface area (Å²) in [6.45, 7) is 6.90. The molecule has 1 aliphatic heterocycles. The van der Waals surface area contributed by atoms with Crippen molar-refractivity contribution in [2.45, 2.75) is 70.4 Å². The molecule has 2 rings (SSSR count). The lowest BCUT2D eigenvalue weighted by molar-refractivity contribution is -0.164. The summed E-state index contributed by atoms with van der Waals surface area (Å²) in [5, 5.41) is 3.59. The summed E-state index contributed by atoms with van der Waals surface area (Å²) in [5.74, 6) is 0.0737. The molecule has 1 aliphatic carbocycles. The van der Waals surface area contributed by atoms with Crippen molar-refractivity contribution < 1.29 is 9.53 Å². The Labute approximate surface area is 104 Å². The van der Waals surface area contributed by atoms with E-state index >= 15 is 0 Å². The summed E-state index contributed by atoms with van der Waals surface area (Å²) >= 11 is 0. The fraction of sp³-hybridized carbons (Fsp3) is 0.929. The molecule has 3 nitrogen and oxygen atoms in total. The third-order valence-electron chi connectivity index (χ3n) is 4.00. The zero-order valence-corrected chi connectivity index (χ0v) is 11.3. The summed E-state index contributed by atoms with van der Waals surface area (Å²) in [6, 6.07) is 0. The molecule has 1 spiro atoms. The number of hydrogen-bond donors (Lipinski definition) is 1. The Morgan fingerprint density at radius 3 is 2.53 bits per heavy atom. The van der Waals surface area contributed by atoms with E-state index in [2.05, 4.69) is 5.32 Å². The Bertz CT molecular complexity index is 287. The van der Waals surface area contributed by atoms with Crippen LogP contribution in [0, 0.1) is 5.92 Å². The summed E-state index contributed by atoms with van der Waals surface area (Å²) in [4.78, 5) is 12.3. The number of carbonyl (C=O) groups excluding carboxylic acids is 1. The highest BCUT2D eigenvalue weighted by molar-refractivity contribution is 5.75. The number of hydrogen-bond acceptors (Lipinski definition) is 3. The molecular weight excluding hydrogens is 214 g/mol. The predicted molar refractivity (Wildman–Crippen MR) is 67.8 cm³/mol. The highest BCUT2D eigenvalue weighted by Gasteiger charge is 2.47. The van der Waals surface area contributed by atoms with Crippen molar-refractivity contribution in [3.05, 3.63) is 0 Å². The SMILES string of the molecule is CC(C)(C)OC(=O)C1CCCCC12CCCN2. The Morgan fingerprint density at radius 2 is 1.94 bits per heavy atom. The molecule has 0 aromatic rings. The lowest BCUT2D eigenvalue weighted by Gasteiger charge is -2.41. The van der Waals surface area contributed by atoms with Gasteiger partial charge in [0.2, 0.25) is 0 Å². The molecule has 3 heteroatoms. The molecule has 1 heterocycles. The van der Waals surface area contributed by atoms with Crippen molar-refractivity contribution in [3.8, 4) is 0 Å². The van der Waals surface area contributed by atoms with Gasteiger partial charge in [-0.25, -0.2) is 0 Å². The minimum Gasteiger partial charge on any atom is -0.460 e. The summed E-state index contributed by atoms with van der Waals surface area (Å²) < 4.78 is 5.58. The van der Waals surface area contributed by atoms with E-state index in [-0.39, 0.29) is 23.0 Å². The molecule has 0 radical (unpaired) electrons. The fourth-order valence-corrected chi connectivity index (χ4v) is 3.30. The molecule has 17 heavy (non-hydrogen) atoms.